The molecule has 136 valence electrons. The van der Waals surface area contributed by atoms with Crippen LogP contribution in [-0.2, 0) is 11.0 Å². The number of carbonyl (C=O) groups excluding carboxylic acids is 1. The molecule has 3 aromatic rings. The minimum absolute atomic E-state index is 0.0193. The number of carbonyl (C=O) groups is 1. The molecule has 0 saturated carbocycles. The number of anilines is 2. The second-order valence-electron chi connectivity index (χ2n) is 6.38. The third-order valence-corrected chi connectivity index (χ3v) is 6.33. The van der Waals surface area contributed by atoms with Gasteiger partial charge in [0.15, 0.2) is 0 Å². The molecule has 0 radical (unpaired) electrons. The number of nitrogens with one attached hydrogen (secondary N) is 2. The fraction of sp³-hybridized carbons (Fsp3) is 0.263. The lowest BCUT2D eigenvalue weighted by Gasteiger charge is -2.12. The third kappa shape index (κ3) is 3.78. The van der Waals surface area contributed by atoms with Gasteiger partial charge in [0.1, 0.15) is 11.0 Å². The Balaban J connectivity index is 1.78. The van der Waals surface area contributed by atoms with Crippen molar-refractivity contribution in [1.82, 2.24) is 4.98 Å². The number of thiazole rings is 1. The maximum atomic E-state index is 12.6. The summed E-state index contributed by atoms with van der Waals surface area (Å²) in [6, 6.07) is 8.93. The fourth-order valence-electron chi connectivity index (χ4n) is 2.56. The first-order chi connectivity index (χ1) is 12.4. The Labute approximate surface area is 159 Å². The van der Waals surface area contributed by atoms with Crippen molar-refractivity contribution in [2.75, 3.05) is 10.0 Å². The number of hydrogen-bond donors (Lipinski definition) is 2. The van der Waals surface area contributed by atoms with Crippen LogP contribution in [0.25, 0.3) is 10.2 Å². The van der Waals surface area contributed by atoms with Crippen LogP contribution in [-0.4, -0.2) is 20.3 Å². The van der Waals surface area contributed by atoms with Gasteiger partial charge >= 0.3 is 0 Å². The van der Waals surface area contributed by atoms with Gasteiger partial charge in [-0.1, -0.05) is 0 Å². The molecule has 1 aromatic heterocycles. The second kappa shape index (κ2) is 7.55. The summed E-state index contributed by atoms with van der Waals surface area (Å²) in [6.07, 6.45) is 0. The summed E-state index contributed by atoms with van der Waals surface area (Å²) in [5.74, 6) is -0.173. The zero-order valence-corrected chi connectivity index (χ0v) is 16.8. The molecule has 1 unspecified atom stereocenters. The highest BCUT2D eigenvalue weighted by atomic mass is 32.2. The van der Waals surface area contributed by atoms with E-state index in [1.54, 1.807) is 35.6 Å². The first-order valence-corrected chi connectivity index (χ1v) is 10.4. The number of hydrogen-bond acceptors (Lipinski definition) is 4. The average molecular weight is 388 g/mol. The monoisotopic (exact) mass is 387 g/mol. The quantitative estimate of drug-likeness (QED) is 0.669. The van der Waals surface area contributed by atoms with E-state index in [9.17, 15) is 9.00 Å². The van der Waals surface area contributed by atoms with E-state index in [4.69, 9.17) is 0 Å². The number of amides is 1. The smallest absolute Gasteiger partial charge is 0.255 e. The Bertz CT molecular complexity index is 978. The van der Waals surface area contributed by atoms with Crippen LogP contribution in [0.3, 0.4) is 0 Å². The molecule has 0 saturated heterocycles. The summed E-state index contributed by atoms with van der Waals surface area (Å²) in [6.45, 7) is 7.75. The highest BCUT2D eigenvalue weighted by Gasteiger charge is 2.13. The maximum Gasteiger partial charge on any atom is 0.255 e. The van der Waals surface area contributed by atoms with E-state index in [0.29, 0.717) is 5.56 Å². The van der Waals surface area contributed by atoms with Crippen molar-refractivity contribution in [3.63, 3.8) is 0 Å². The molecule has 26 heavy (non-hydrogen) atoms. The Morgan fingerprint density at radius 1 is 1.19 bits per heavy atom. The van der Waals surface area contributed by atoms with E-state index < -0.39 is 11.0 Å². The van der Waals surface area contributed by atoms with Gasteiger partial charge < -0.3 is 10.0 Å². The van der Waals surface area contributed by atoms with Crippen LogP contribution in [0.2, 0.25) is 0 Å². The molecular formula is C19H21N3O2S2. The third-order valence-electron chi connectivity index (χ3n) is 4.09. The molecule has 0 bridgehead atoms. The van der Waals surface area contributed by atoms with Crippen molar-refractivity contribution in [3.05, 3.63) is 52.5 Å². The topological polar surface area (TPSA) is 71.1 Å². The molecule has 0 aliphatic rings. The van der Waals surface area contributed by atoms with Gasteiger partial charge in [-0.15, -0.1) is 11.3 Å². The highest BCUT2D eigenvalue weighted by Crippen LogP contribution is 2.31. The summed E-state index contributed by atoms with van der Waals surface area (Å²) in [5.41, 5.74) is 6.94. The number of aryl methyl sites for hydroxylation is 2. The summed E-state index contributed by atoms with van der Waals surface area (Å²) < 4.78 is 15.9. The minimum atomic E-state index is -1.14. The summed E-state index contributed by atoms with van der Waals surface area (Å²) in [5, 5.41) is 3.01. The molecule has 5 nitrogen and oxygen atoms in total. The molecular weight excluding hydrogens is 366 g/mol. The molecule has 1 heterocycles. The Hall–Kier alpha value is -2.25. The first kappa shape index (κ1) is 18.5. The van der Waals surface area contributed by atoms with Crippen LogP contribution in [0.1, 0.15) is 35.3 Å². The van der Waals surface area contributed by atoms with Crippen LogP contribution in [0.15, 0.2) is 35.8 Å². The first-order valence-electron chi connectivity index (χ1n) is 8.29. The van der Waals surface area contributed by atoms with Gasteiger partial charge in [-0.3, -0.25) is 4.79 Å². The maximum absolute atomic E-state index is 12.6. The number of benzene rings is 2. The molecule has 1 atom stereocenters. The van der Waals surface area contributed by atoms with E-state index in [2.05, 4.69) is 15.0 Å². The van der Waals surface area contributed by atoms with Crippen molar-refractivity contribution in [2.45, 2.75) is 32.9 Å². The van der Waals surface area contributed by atoms with E-state index in [1.165, 1.54) is 0 Å². The van der Waals surface area contributed by atoms with Crippen molar-refractivity contribution in [1.29, 1.82) is 0 Å². The van der Waals surface area contributed by atoms with E-state index >= 15 is 0 Å². The predicted octanol–water partition coefficient (Wildman–Crippen LogP) is 4.65. The van der Waals surface area contributed by atoms with Crippen LogP contribution in [0.4, 0.5) is 11.4 Å². The number of fused-ring (bicyclic) bond motifs is 1. The van der Waals surface area contributed by atoms with Gasteiger partial charge in [-0.2, -0.15) is 0 Å². The molecule has 0 fully saturated rings. The average Bonchev–Trinajstić information content (AvgIpc) is 3.10. The lowest BCUT2D eigenvalue weighted by Crippen LogP contribution is -2.15. The van der Waals surface area contributed by atoms with Gasteiger partial charge in [0.25, 0.3) is 5.91 Å². The number of aromatic nitrogens is 1. The molecule has 7 heteroatoms. The molecule has 2 N–H and O–H groups in total. The normalized spacial score (nSPS) is 12.3. The highest BCUT2D eigenvalue weighted by molar-refractivity contribution is 7.86. The lowest BCUT2D eigenvalue weighted by molar-refractivity contribution is 0.102. The zero-order chi connectivity index (χ0) is 18.8. The van der Waals surface area contributed by atoms with Crippen molar-refractivity contribution >= 4 is 49.8 Å². The Morgan fingerprint density at radius 2 is 1.88 bits per heavy atom. The fourth-order valence-corrected chi connectivity index (χ4v) is 4.04. The standard InChI is InChI=1S/C19H21N3O2S2/c1-11(2)26(24)22-15-7-5-14(6-8-15)19(23)21-16-9-12(3)17-18(13(16)4)25-10-20-17/h5-11,22H,1-4H3,(H,21,23). The van der Waals surface area contributed by atoms with Crippen molar-refractivity contribution < 1.29 is 9.00 Å². The van der Waals surface area contributed by atoms with Crippen LogP contribution < -0.4 is 10.0 Å². The SMILES string of the molecule is Cc1cc(NC(=O)c2ccc(NS(=O)C(C)C)cc2)c(C)c2scnc12. The van der Waals surface area contributed by atoms with Crippen molar-refractivity contribution in [3.8, 4) is 0 Å². The van der Waals surface area contributed by atoms with Gasteiger partial charge in [-0.25, -0.2) is 9.19 Å². The van der Waals surface area contributed by atoms with Gasteiger partial charge in [-0.05, 0) is 69.2 Å². The van der Waals surface area contributed by atoms with Gasteiger partial charge in [0, 0.05) is 22.2 Å². The van der Waals surface area contributed by atoms with E-state index in [-0.39, 0.29) is 11.2 Å². The summed E-state index contributed by atoms with van der Waals surface area (Å²) >= 11 is 1.58. The minimum Gasteiger partial charge on any atom is -0.322 e. The van der Waals surface area contributed by atoms with Crippen LogP contribution in [0, 0.1) is 13.8 Å². The number of nitrogens with zero attached hydrogens (tertiary/aromatic N) is 1. The predicted molar refractivity (Wildman–Crippen MR) is 110 cm³/mol. The molecule has 3 rings (SSSR count). The number of rotatable bonds is 5. The van der Waals surface area contributed by atoms with Crippen molar-refractivity contribution in [2.24, 2.45) is 0 Å². The molecule has 0 aliphatic heterocycles. The molecule has 0 aliphatic carbocycles. The second-order valence-corrected chi connectivity index (χ2v) is 8.97. The van der Waals surface area contributed by atoms with E-state index in [0.717, 1.165) is 32.7 Å². The van der Waals surface area contributed by atoms with Crippen LogP contribution >= 0.6 is 11.3 Å². The lowest BCUT2D eigenvalue weighted by atomic mass is 10.1. The Kier molecular flexibility index (Phi) is 5.38. The largest absolute Gasteiger partial charge is 0.322 e. The summed E-state index contributed by atoms with van der Waals surface area (Å²) in [7, 11) is -1.14. The zero-order valence-electron chi connectivity index (χ0n) is 15.1. The molecule has 0 spiro atoms. The van der Waals surface area contributed by atoms with Crippen LogP contribution in [0.5, 0.6) is 0 Å². The van der Waals surface area contributed by atoms with Gasteiger partial charge in [0.2, 0.25) is 0 Å². The molecule has 1 amide bonds. The van der Waals surface area contributed by atoms with Gasteiger partial charge in [0.05, 0.1) is 15.7 Å². The summed E-state index contributed by atoms with van der Waals surface area (Å²) in [4.78, 5) is 17.0. The molecule has 2 aromatic carbocycles. The van der Waals surface area contributed by atoms with E-state index in [1.807, 2.05) is 39.3 Å². The Morgan fingerprint density at radius 3 is 2.54 bits per heavy atom.